The fourth-order valence-corrected chi connectivity index (χ4v) is 3.05. The topological polar surface area (TPSA) is 12.0 Å². The maximum absolute atomic E-state index is 13.2. The second-order valence-corrected chi connectivity index (χ2v) is 5.72. The number of rotatable bonds is 4. The van der Waals surface area contributed by atoms with Crippen LogP contribution in [0.15, 0.2) is 24.3 Å². The molecule has 1 aromatic rings. The van der Waals surface area contributed by atoms with Crippen LogP contribution in [0.25, 0.3) is 0 Å². The molecule has 1 aromatic carbocycles. The Bertz CT molecular complexity index is 407. The summed E-state index contributed by atoms with van der Waals surface area (Å²) in [7, 11) is 1.94. The Morgan fingerprint density at radius 1 is 1.26 bits per heavy atom. The molecule has 1 fully saturated rings. The number of benzene rings is 1. The van der Waals surface area contributed by atoms with Gasteiger partial charge in [0, 0.05) is 18.9 Å². The van der Waals surface area contributed by atoms with Crippen LogP contribution in [-0.2, 0) is 6.42 Å². The van der Waals surface area contributed by atoms with Gasteiger partial charge in [0.05, 0.1) is 0 Å². The smallest absolute Gasteiger partial charge is 0.248 e. The van der Waals surface area contributed by atoms with E-state index >= 15 is 0 Å². The Kier molecular flexibility index (Phi) is 4.56. The predicted molar refractivity (Wildman–Crippen MR) is 74.6 cm³/mol. The lowest BCUT2D eigenvalue weighted by Crippen LogP contribution is -2.39. The van der Waals surface area contributed by atoms with Crippen molar-refractivity contribution in [3.63, 3.8) is 0 Å². The molecule has 2 rings (SSSR count). The van der Waals surface area contributed by atoms with Crippen LogP contribution < -0.4 is 5.32 Å². The van der Waals surface area contributed by atoms with Gasteiger partial charge in [0.25, 0.3) is 0 Å². The zero-order valence-corrected chi connectivity index (χ0v) is 11.8. The van der Waals surface area contributed by atoms with Gasteiger partial charge in [-0.25, -0.2) is 8.78 Å². The van der Waals surface area contributed by atoms with E-state index in [1.54, 1.807) is 0 Å². The summed E-state index contributed by atoms with van der Waals surface area (Å²) in [5.74, 6) is -2.07. The first kappa shape index (κ1) is 14.4. The van der Waals surface area contributed by atoms with E-state index in [4.69, 9.17) is 0 Å². The Morgan fingerprint density at radius 2 is 1.89 bits per heavy atom. The quantitative estimate of drug-likeness (QED) is 0.871. The molecule has 0 aromatic heterocycles. The van der Waals surface area contributed by atoms with Gasteiger partial charge >= 0.3 is 0 Å². The van der Waals surface area contributed by atoms with Crippen molar-refractivity contribution >= 4 is 0 Å². The summed E-state index contributed by atoms with van der Waals surface area (Å²) < 4.78 is 26.4. The van der Waals surface area contributed by atoms with Crippen LogP contribution in [-0.4, -0.2) is 19.0 Å². The van der Waals surface area contributed by atoms with E-state index in [-0.39, 0.29) is 12.8 Å². The van der Waals surface area contributed by atoms with E-state index in [0.29, 0.717) is 24.8 Å². The van der Waals surface area contributed by atoms with Gasteiger partial charge < -0.3 is 5.32 Å². The highest BCUT2D eigenvalue weighted by Gasteiger charge is 2.37. The minimum Gasteiger partial charge on any atom is -0.316 e. The Balaban J connectivity index is 1.99. The number of alkyl halides is 2. The SMILES string of the molecule is CNC(Cc1ccccc1C)C1CCC(F)(F)CC1. The van der Waals surface area contributed by atoms with Gasteiger partial charge in [-0.1, -0.05) is 24.3 Å². The molecule has 0 amide bonds. The summed E-state index contributed by atoms with van der Waals surface area (Å²) in [5.41, 5.74) is 2.60. The zero-order chi connectivity index (χ0) is 13.9. The van der Waals surface area contributed by atoms with Crippen LogP contribution in [0.1, 0.15) is 36.8 Å². The van der Waals surface area contributed by atoms with Crippen molar-refractivity contribution in [2.45, 2.75) is 51.0 Å². The van der Waals surface area contributed by atoms with E-state index in [9.17, 15) is 8.78 Å². The number of aryl methyl sites for hydroxylation is 1. The van der Waals surface area contributed by atoms with Crippen LogP contribution in [0.3, 0.4) is 0 Å². The third-order valence-electron chi connectivity index (χ3n) is 4.40. The number of nitrogens with one attached hydrogen (secondary N) is 1. The van der Waals surface area contributed by atoms with Crippen molar-refractivity contribution < 1.29 is 8.78 Å². The van der Waals surface area contributed by atoms with E-state index in [0.717, 1.165) is 6.42 Å². The summed E-state index contributed by atoms with van der Waals surface area (Å²) >= 11 is 0. The summed E-state index contributed by atoms with van der Waals surface area (Å²) in [6.45, 7) is 2.11. The molecule has 106 valence electrons. The molecule has 0 bridgehead atoms. The number of halogens is 2. The van der Waals surface area contributed by atoms with E-state index < -0.39 is 5.92 Å². The molecule has 19 heavy (non-hydrogen) atoms. The Hall–Kier alpha value is -0.960. The average molecular weight is 267 g/mol. The van der Waals surface area contributed by atoms with Crippen molar-refractivity contribution in [1.29, 1.82) is 0 Å². The van der Waals surface area contributed by atoms with Crippen molar-refractivity contribution in [1.82, 2.24) is 5.32 Å². The normalized spacial score (nSPS) is 21.3. The van der Waals surface area contributed by atoms with Crippen molar-refractivity contribution in [3.05, 3.63) is 35.4 Å². The van der Waals surface area contributed by atoms with Crippen molar-refractivity contribution in [2.24, 2.45) is 5.92 Å². The Labute approximate surface area is 114 Å². The second kappa shape index (κ2) is 6.00. The highest BCUT2D eigenvalue weighted by Crippen LogP contribution is 2.38. The monoisotopic (exact) mass is 267 g/mol. The van der Waals surface area contributed by atoms with Crippen LogP contribution in [0.5, 0.6) is 0 Å². The largest absolute Gasteiger partial charge is 0.316 e. The summed E-state index contributed by atoms with van der Waals surface area (Å²) in [5, 5.41) is 3.33. The number of hydrogen-bond acceptors (Lipinski definition) is 1. The second-order valence-electron chi connectivity index (χ2n) is 5.72. The lowest BCUT2D eigenvalue weighted by Gasteiger charge is -2.34. The molecule has 1 N–H and O–H groups in total. The molecule has 0 spiro atoms. The molecular weight excluding hydrogens is 244 g/mol. The molecule has 1 nitrogen and oxygen atoms in total. The standard InChI is InChI=1S/C16H23F2N/c1-12-5-3-4-6-14(12)11-15(19-2)13-7-9-16(17,18)10-8-13/h3-6,13,15,19H,7-11H2,1-2H3. The number of hydrogen-bond donors (Lipinski definition) is 1. The summed E-state index contributed by atoms with van der Waals surface area (Å²) in [6, 6.07) is 8.63. The first-order valence-electron chi connectivity index (χ1n) is 7.11. The zero-order valence-electron chi connectivity index (χ0n) is 11.8. The van der Waals surface area contributed by atoms with E-state index in [2.05, 4.69) is 24.4 Å². The van der Waals surface area contributed by atoms with Crippen LogP contribution in [0.4, 0.5) is 8.78 Å². The fourth-order valence-electron chi connectivity index (χ4n) is 3.05. The highest BCUT2D eigenvalue weighted by atomic mass is 19.3. The lowest BCUT2D eigenvalue weighted by molar-refractivity contribution is -0.0492. The maximum atomic E-state index is 13.2. The maximum Gasteiger partial charge on any atom is 0.248 e. The molecule has 1 unspecified atom stereocenters. The van der Waals surface area contributed by atoms with Gasteiger partial charge in [0.2, 0.25) is 5.92 Å². The van der Waals surface area contributed by atoms with Crippen molar-refractivity contribution in [3.8, 4) is 0 Å². The van der Waals surface area contributed by atoms with Gasteiger partial charge in [-0.3, -0.25) is 0 Å². The molecule has 1 atom stereocenters. The summed E-state index contributed by atoms with van der Waals surface area (Å²) in [4.78, 5) is 0. The minimum atomic E-state index is -2.43. The number of likely N-dealkylation sites (N-methyl/N-ethyl adjacent to an activating group) is 1. The molecule has 1 saturated carbocycles. The van der Waals surface area contributed by atoms with Gasteiger partial charge in [-0.05, 0) is 50.3 Å². The van der Waals surface area contributed by atoms with Gasteiger partial charge in [0.1, 0.15) is 0 Å². The molecule has 1 aliphatic carbocycles. The van der Waals surface area contributed by atoms with Crippen LogP contribution in [0.2, 0.25) is 0 Å². The molecular formula is C16H23F2N. The molecule has 0 radical (unpaired) electrons. The first-order valence-corrected chi connectivity index (χ1v) is 7.11. The van der Waals surface area contributed by atoms with Crippen LogP contribution >= 0.6 is 0 Å². The predicted octanol–water partition coefficient (Wildman–Crippen LogP) is 3.95. The highest BCUT2D eigenvalue weighted by molar-refractivity contribution is 5.26. The lowest BCUT2D eigenvalue weighted by atomic mass is 9.80. The molecule has 1 aliphatic rings. The van der Waals surface area contributed by atoms with Gasteiger partial charge in [0.15, 0.2) is 0 Å². The van der Waals surface area contributed by atoms with Gasteiger partial charge in [-0.15, -0.1) is 0 Å². The van der Waals surface area contributed by atoms with E-state index in [1.807, 2.05) is 19.2 Å². The first-order chi connectivity index (χ1) is 9.02. The van der Waals surface area contributed by atoms with E-state index in [1.165, 1.54) is 11.1 Å². The minimum absolute atomic E-state index is 0.0453. The molecule has 0 aliphatic heterocycles. The third-order valence-corrected chi connectivity index (χ3v) is 4.40. The van der Waals surface area contributed by atoms with Crippen molar-refractivity contribution in [2.75, 3.05) is 7.05 Å². The fraction of sp³-hybridized carbons (Fsp3) is 0.625. The molecule has 0 heterocycles. The molecule has 3 heteroatoms. The molecule has 0 saturated heterocycles. The third kappa shape index (κ3) is 3.75. The summed E-state index contributed by atoms with van der Waals surface area (Å²) in [6.07, 6.45) is 2.28. The average Bonchev–Trinajstić information content (AvgIpc) is 2.38. The van der Waals surface area contributed by atoms with Gasteiger partial charge in [-0.2, -0.15) is 0 Å². The Morgan fingerprint density at radius 3 is 2.47 bits per heavy atom. The van der Waals surface area contributed by atoms with Crippen LogP contribution in [0, 0.1) is 12.8 Å².